The maximum atomic E-state index is 14.2. The van der Waals surface area contributed by atoms with Crippen LogP contribution in [0.2, 0.25) is 0 Å². The highest BCUT2D eigenvalue weighted by Gasteiger charge is 2.19. The van der Waals surface area contributed by atoms with Crippen molar-refractivity contribution >= 4 is 27.3 Å². The fourth-order valence-electron chi connectivity index (χ4n) is 2.19. The van der Waals surface area contributed by atoms with E-state index in [1.165, 1.54) is 17.0 Å². The molecule has 2 aromatic rings. The highest BCUT2D eigenvalue weighted by molar-refractivity contribution is 9.10. The molecule has 1 aromatic carbocycles. The van der Waals surface area contributed by atoms with Gasteiger partial charge in [-0.25, -0.2) is 8.78 Å². The lowest BCUT2D eigenvalue weighted by molar-refractivity contribution is 0.492. The molecular formula is C16H18BrF2NS. The van der Waals surface area contributed by atoms with Crippen molar-refractivity contribution in [2.24, 2.45) is 0 Å². The van der Waals surface area contributed by atoms with Crippen LogP contribution in [0, 0.1) is 18.6 Å². The quantitative estimate of drug-likeness (QED) is 0.670. The van der Waals surface area contributed by atoms with Crippen LogP contribution in [-0.4, -0.2) is 6.54 Å². The third kappa shape index (κ3) is 4.11. The number of halogens is 3. The van der Waals surface area contributed by atoms with Gasteiger partial charge in [-0.1, -0.05) is 6.92 Å². The van der Waals surface area contributed by atoms with Gasteiger partial charge in [-0.3, -0.25) is 0 Å². The molecule has 0 fully saturated rings. The lowest BCUT2D eigenvalue weighted by atomic mass is 10.0. The summed E-state index contributed by atoms with van der Waals surface area (Å²) >= 11 is 4.79. The molecule has 1 aromatic heterocycles. The molecule has 0 bridgehead atoms. The van der Waals surface area contributed by atoms with E-state index in [1.54, 1.807) is 11.3 Å². The average molecular weight is 374 g/mol. The Morgan fingerprint density at radius 1 is 1.24 bits per heavy atom. The van der Waals surface area contributed by atoms with Gasteiger partial charge in [0, 0.05) is 21.4 Å². The van der Waals surface area contributed by atoms with E-state index >= 15 is 0 Å². The minimum Gasteiger partial charge on any atom is -0.309 e. The van der Waals surface area contributed by atoms with E-state index < -0.39 is 11.6 Å². The van der Waals surface area contributed by atoms with Gasteiger partial charge in [0.2, 0.25) is 0 Å². The predicted molar refractivity (Wildman–Crippen MR) is 87.9 cm³/mol. The molecule has 1 nitrogen and oxygen atoms in total. The number of benzene rings is 1. The second-order valence-electron chi connectivity index (χ2n) is 4.98. The molecule has 0 amide bonds. The number of aryl methyl sites for hydroxylation is 1. The van der Waals surface area contributed by atoms with E-state index in [-0.39, 0.29) is 11.6 Å². The van der Waals surface area contributed by atoms with Gasteiger partial charge in [0.25, 0.3) is 0 Å². The van der Waals surface area contributed by atoms with Crippen LogP contribution in [0.4, 0.5) is 8.78 Å². The van der Waals surface area contributed by atoms with Gasteiger partial charge < -0.3 is 5.32 Å². The third-order valence-corrected chi connectivity index (χ3v) is 5.02. The van der Waals surface area contributed by atoms with E-state index in [0.29, 0.717) is 10.9 Å². The maximum absolute atomic E-state index is 14.2. The van der Waals surface area contributed by atoms with Crippen LogP contribution in [0.25, 0.3) is 0 Å². The van der Waals surface area contributed by atoms with Crippen molar-refractivity contribution in [3.63, 3.8) is 0 Å². The SMILES string of the molecule is CCCNC(Cc1c(F)ccc(Br)c1F)c1ccc(C)s1. The molecule has 0 saturated heterocycles. The summed E-state index contributed by atoms with van der Waals surface area (Å²) in [4.78, 5) is 2.31. The zero-order valence-corrected chi connectivity index (χ0v) is 14.5. The Bertz CT molecular complexity index is 612. The van der Waals surface area contributed by atoms with Crippen LogP contribution in [0.1, 0.15) is 34.7 Å². The lowest BCUT2D eigenvalue weighted by Crippen LogP contribution is -2.24. The Hall–Kier alpha value is -0.780. The molecule has 1 unspecified atom stereocenters. The Labute approximate surface area is 136 Å². The van der Waals surface area contributed by atoms with Crippen molar-refractivity contribution in [3.8, 4) is 0 Å². The van der Waals surface area contributed by atoms with E-state index in [4.69, 9.17) is 0 Å². The predicted octanol–water partition coefficient (Wildman–Crippen LogP) is 5.38. The van der Waals surface area contributed by atoms with Crippen LogP contribution >= 0.6 is 27.3 Å². The minimum absolute atomic E-state index is 0.0676. The molecule has 0 aliphatic rings. The summed E-state index contributed by atoms with van der Waals surface area (Å²) in [5.41, 5.74) is 0.129. The van der Waals surface area contributed by atoms with Gasteiger partial charge >= 0.3 is 0 Å². The summed E-state index contributed by atoms with van der Waals surface area (Å²) in [6, 6.07) is 6.70. The maximum Gasteiger partial charge on any atom is 0.143 e. The summed E-state index contributed by atoms with van der Waals surface area (Å²) in [5, 5.41) is 3.38. The molecular weight excluding hydrogens is 356 g/mol. The number of hydrogen-bond donors (Lipinski definition) is 1. The van der Waals surface area contributed by atoms with Crippen LogP contribution in [0.5, 0.6) is 0 Å². The molecule has 0 aliphatic carbocycles. The van der Waals surface area contributed by atoms with E-state index in [1.807, 2.05) is 19.1 Å². The Kier molecular flexibility index (Phi) is 5.90. The second kappa shape index (κ2) is 7.47. The molecule has 1 heterocycles. The van der Waals surface area contributed by atoms with Crippen LogP contribution in [0.3, 0.4) is 0 Å². The second-order valence-corrected chi connectivity index (χ2v) is 7.15. The molecule has 0 saturated carbocycles. The van der Waals surface area contributed by atoms with Gasteiger partial charge in [-0.15, -0.1) is 11.3 Å². The first kappa shape index (κ1) is 16.6. The smallest absolute Gasteiger partial charge is 0.143 e. The topological polar surface area (TPSA) is 12.0 Å². The first-order valence-corrected chi connectivity index (χ1v) is 8.56. The molecule has 2 rings (SSSR count). The molecule has 0 aliphatic heterocycles. The molecule has 21 heavy (non-hydrogen) atoms. The van der Waals surface area contributed by atoms with Crippen molar-refractivity contribution < 1.29 is 8.78 Å². The number of nitrogens with one attached hydrogen (secondary N) is 1. The first-order chi connectivity index (χ1) is 10.0. The average Bonchev–Trinajstić information content (AvgIpc) is 2.89. The first-order valence-electron chi connectivity index (χ1n) is 6.95. The molecule has 1 N–H and O–H groups in total. The Morgan fingerprint density at radius 2 is 2.00 bits per heavy atom. The zero-order chi connectivity index (χ0) is 15.4. The molecule has 114 valence electrons. The summed E-state index contributed by atoms with van der Waals surface area (Å²) in [7, 11) is 0. The molecule has 0 radical (unpaired) electrons. The van der Waals surface area contributed by atoms with E-state index in [0.717, 1.165) is 17.8 Å². The highest BCUT2D eigenvalue weighted by atomic mass is 79.9. The van der Waals surface area contributed by atoms with E-state index in [9.17, 15) is 8.78 Å². The normalized spacial score (nSPS) is 12.6. The van der Waals surface area contributed by atoms with Crippen LogP contribution < -0.4 is 5.32 Å². The molecule has 0 spiro atoms. The highest BCUT2D eigenvalue weighted by Crippen LogP contribution is 2.29. The lowest BCUT2D eigenvalue weighted by Gasteiger charge is -2.18. The summed E-state index contributed by atoms with van der Waals surface area (Å²) in [5.74, 6) is -1.00. The Balaban J connectivity index is 2.29. The third-order valence-electron chi connectivity index (χ3n) is 3.29. The Morgan fingerprint density at radius 3 is 2.62 bits per heavy atom. The van der Waals surface area contributed by atoms with Crippen LogP contribution in [0.15, 0.2) is 28.7 Å². The van der Waals surface area contributed by atoms with Gasteiger partial charge in [0.1, 0.15) is 11.6 Å². The fourth-order valence-corrected chi connectivity index (χ4v) is 3.52. The van der Waals surface area contributed by atoms with Gasteiger partial charge in [0.05, 0.1) is 4.47 Å². The monoisotopic (exact) mass is 373 g/mol. The summed E-state index contributed by atoms with van der Waals surface area (Å²) in [6.07, 6.45) is 1.28. The molecule has 5 heteroatoms. The largest absolute Gasteiger partial charge is 0.309 e. The minimum atomic E-state index is -0.508. The van der Waals surface area contributed by atoms with Gasteiger partial charge in [-0.2, -0.15) is 0 Å². The van der Waals surface area contributed by atoms with E-state index in [2.05, 4.69) is 28.2 Å². The summed E-state index contributed by atoms with van der Waals surface area (Å²) < 4.78 is 28.4. The van der Waals surface area contributed by atoms with Crippen molar-refractivity contribution in [1.29, 1.82) is 0 Å². The van der Waals surface area contributed by atoms with Crippen molar-refractivity contribution in [3.05, 3.63) is 55.7 Å². The standard InChI is InChI=1S/C16H18BrF2NS/c1-3-8-20-14(15-7-4-10(2)21-15)9-11-13(18)6-5-12(17)16(11)19/h4-7,14,20H,3,8-9H2,1-2H3. The number of rotatable bonds is 6. The fraction of sp³-hybridized carbons (Fsp3) is 0.375. The van der Waals surface area contributed by atoms with Crippen molar-refractivity contribution in [1.82, 2.24) is 5.32 Å². The van der Waals surface area contributed by atoms with Crippen molar-refractivity contribution in [2.45, 2.75) is 32.7 Å². The van der Waals surface area contributed by atoms with Crippen LogP contribution in [-0.2, 0) is 6.42 Å². The number of hydrogen-bond acceptors (Lipinski definition) is 2. The zero-order valence-electron chi connectivity index (χ0n) is 12.1. The van der Waals surface area contributed by atoms with Crippen molar-refractivity contribution in [2.75, 3.05) is 6.54 Å². The molecule has 1 atom stereocenters. The number of thiophene rings is 1. The van der Waals surface area contributed by atoms with Gasteiger partial charge in [0.15, 0.2) is 0 Å². The van der Waals surface area contributed by atoms with Gasteiger partial charge in [-0.05, 0) is 66.5 Å². The summed E-state index contributed by atoms with van der Waals surface area (Å²) in [6.45, 7) is 4.92.